The van der Waals surface area contributed by atoms with Crippen molar-refractivity contribution in [3.63, 3.8) is 0 Å². The monoisotopic (exact) mass is 349 g/mol. The Labute approximate surface area is 112 Å². The average Bonchev–Trinajstić information content (AvgIpc) is 2.28. The molecule has 5 heteroatoms. The number of rotatable bonds is 4. The summed E-state index contributed by atoms with van der Waals surface area (Å²) in [6, 6.07) is 5.41. The Morgan fingerprint density at radius 1 is 1.56 bits per heavy atom. The standard InChI is InChI=1S/C11H13Br2NO2/c1-3-8(12)11(15)14-7-4-5-10(16-2)9(13)6-7/h4-6,8H,3H2,1-2H3,(H,14,15). The number of halogens is 2. The lowest BCUT2D eigenvalue weighted by atomic mass is 10.2. The molecule has 0 aliphatic heterocycles. The first-order valence-corrected chi connectivity index (χ1v) is 6.57. The van der Waals surface area contributed by atoms with Gasteiger partial charge in [-0.3, -0.25) is 4.79 Å². The number of carbonyl (C=O) groups is 1. The van der Waals surface area contributed by atoms with E-state index in [2.05, 4.69) is 37.2 Å². The Kier molecular flexibility index (Phi) is 5.28. The van der Waals surface area contributed by atoms with Crippen molar-refractivity contribution in [3.05, 3.63) is 22.7 Å². The molecular formula is C11H13Br2NO2. The largest absolute Gasteiger partial charge is 0.496 e. The van der Waals surface area contributed by atoms with E-state index in [1.165, 1.54) is 0 Å². The zero-order valence-corrected chi connectivity index (χ0v) is 12.3. The quantitative estimate of drug-likeness (QED) is 0.843. The van der Waals surface area contributed by atoms with Crippen LogP contribution in [0.25, 0.3) is 0 Å². The van der Waals surface area contributed by atoms with Crippen LogP contribution < -0.4 is 10.1 Å². The van der Waals surface area contributed by atoms with Gasteiger partial charge in [-0.25, -0.2) is 0 Å². The summed E-state index contributed by atoms with van der Waals surface area (Å²) >= 11 is 6.66. The number of hydrogen-bond acceptors (Lipinski definition) is 2. The molecule has 1 N–H and O–H groups in total. The van der Waals surface area contributed by atoms with Crippen LogP contribution in [0.5, 0.6) is 5.75 Å². The van der Waals surface area contributed by atoms with Crippen molar-refractivity contribution in [3.8, 4) is 5.75 Å². The van der Waals surface area contributed by atoms with Crippen molar-refractivity contribution in [2.45, 2.75) is 18.2 Å². The van der Waals surface area contributed by atoms with Crippen molar-refractivity contribution < 1.29 is 9.53 Å². The number of hydrogen-bond donors (Lipinski definition) is 1. The summed E-state index contributed by atoms with van der Waals surface area (Å²) in [7, 11) is 1.60. The van der Waals surface area contributed by atoms with Gasteiger partial charge in [0.25, 0.3) is 0 Å². The van der Waals surface area contributed by atoms with E-state index >= 15 is 0 Å². The molecule has 0 spiro atoms. The van der Waals surface area contributed by atoms with Gasteiger partial charge in [0.1, 0.15) is 5.75 Å². The first-order chi connectivity index (χ1) is 7.58. The van der Waals surface area contributed by atoms with E-state index in [4.69, 9.17) is 4.74 Å². The number of alkyl halides is 1. The first-order valence-electron chi connectivity index (χ1n) is 4.87. The molecule has 1 aromatic rings. The fourth-order valence-electron chi connectivity index (χ4n) is 1.15. The molecule has 1 rings (SSSR count). The Balaban J connectivity index is 2.75. The fourth-order valence-corrected chi connectivity index (χ4v) is 1.81. The van der Waals surface area contributed by atoms with Gasteiger partial charge in [-0.15, -0.1) is 0 Å². The van der Waals surface area contributed by atoms with E-state index in [0.29, 0.717) is 0 Å². The van der Waals surface area contributed by atoms with Gasteiger partial charge in [0.05, 0.1) is 16.4 Å². The Morgan fingerprint density at radius 3 is 2.75 bits per heavy atom. The zero-order valence-electron chi connectivity index (χ0n) is 9.09. The summed E-state index contributed by atoms with van der Waals surface area (Å²) in [6.45, 7) is 1.95. The minimum Gasteiger partial charge on any atom is -0.496 e. The number of nitrogens with one attached hydrogen (secondary N) is 1. The van der Waals surface area contributed by atoms with Gasteiger partial charge < -0.3 is 10.1 Å². The summed E-state index contributed by atoms with van der Waals surface area (Å²) in [5, 5.41) is 2.81. The lowest BCUT2D eigenvalue weighted by Crippen LogP contribution is -2.21. The van der Waals surface area contributed by atoms with Gasteiger partial charge >= 0.3 is 0 Å². The molecule has 1 atom stereocenters. The van der Waals surface area contributed by atoms with Gasteiger partial charge in [0.2, 0.25) is 5.91 Å². The van der Waals surface area contributed by atoms with E-state index in [1.54, 1.807) is 19.2 Å². The van der Waals surface area contributed by atoms with Crippen LogP contribution in [0.2, 0.25) is 0 Å². The van der Waals surface area contributed by atoms with Crippen molar-refractivity contribution in [1.82, 2.24) is 0 Å². The Bertz CT molecular complexity index is 382. The minimum absolute atomic E-state index is 0.0421. The number of amides is 1. The normalized spacial score (nSPS) is 12.0. The molecule has 88 valence electrons. The van der Waals surface area contributed by atoms with E-state index in [9.17, 15) is 4.79 Å². The molecule has 0 radical (unpaired) electrons. The smallest absolute Gasteiger partial charge is 0.238 e. The third kappa shape index (κ3) is 3.49. The first kappa shape index (κ1) is 13.5. The minimum atomic E-state index is -0.159. The lowest BCUT2D eigenvalue weighted by Gasteiger charge is -2.10. The van der Waals surface area contributed by atoms with Crippen molar-refractivity contribution in [2.24, 2.45) is 0 Å². The molecule has 0 bridgehead atoms. The van der Waals surface area contributed by atoms with Crippen molar-refractivity contribution >= 4 is 43.5 Å². The highest BCUT2D eigenvalue weighted by atomic mass is 79.9. The second-order valence-corrected chi connectivity index (χ2v) is 5.17. The molecule has 0 aliphatic carbocycles. The second-order valence-electron chi connectivity index (χ2n) is 3.21. The predicted octanol–water partition coefficient (Wildman–Crippen LogP) is 3.57. The lowest BCUT2D eigenvalue weighted by molar-refractivity contribution is -0.115. The Morgan fingerprint density at radius 2 is 2.25 bits per heavy atom. The number of ether oxygens (including phenoxy) is 1. The highest BCUT2D eigenvalue weighted by Gasteiger charge is 2.12. The molecule has 0 saturated carbocycles. The molecule has 1 amide bonds. The molecule has 0 aromatic heterocycles. The molecule has 0 saturated heterocycles. The summed E-state index contributed by atoms with van der Waals surface area (Å²) in [5.41, 5.74) is 0.746. The highest BCUT2D eigenvalue weighted by Crippen LogP contribution is 2.27. The van der Waals surface area contributed by atoms with Crippen LogP contribution in [0.1, 0.15) is 13.3 Å². The van der Waals surface area contributed by atoms with Gasteiger partial charge in [-0.05, 0) is 40.5 Å². The van der Waals surface area contributed by atoms with Crippen LogP contribution in [0.3, 0.4) is 0 Å². The second kappa shape index (κ2) is 6.25. The maximum absolute atomic E-state index is 11.6. The predicted molar refractivity (Wildman–Crippen MR) is 72.3 cm³/mol. The van der Waals surface area contributed by atoms with Crippen LogP contribution in [0.15, 0.2) is 22.7 Å². The highest BCUT2D eigenvalue weighted by molar-refractivity contribution is 9.10. The molecular weight excluding hydrogens is 338 g/mol. The number of carbonyl (C=O) groups excluding carboxylic acids is 1. The van der Waals surface area contributed by atoms with Gasteiger partial charge in [0.15, 0.2) is 0 Å². The molecule has 1 aromatic carbocycles. The van der Waals surface area contributed by atoms with Crippen molar-refractivity contribution in [2.75, 3.05) is 12.4 Å². The average molecular weight is 351 g/mol. The van der Waals surface area contributed by atoms with Gasteiger partial charge in [-0.2, -0.15) is 0 Å². The van der Waals surface area contributed by atoms with Crippen molar-refractivity contribution in [1.29, 1.82) is 0 Å². The summed E-state index contributed by atoms with van der Waals surface area (Å²) in [4.78, 5) is 11.4. The summed E-state index contributed by atoms with van der Waals surface area (Å²) < 4.78 is 5.92. The summed E-state index contributed by atoms with van der Waals surface area (Å²) in [6.07, 6.45) is 0.753. The number of benzene rings is 1. The Hall–Kier alpha value is -0.550. The topological polar surface area (TPSA) is 38.3 Å². The molecule has 0 aliphatic rings. The van der Waals surface area contributed by atoms with Crippen LogP contribution in [-0.4, -0.2) is 17.8 Å². The maximum Gasteiger partial charge on any atom is 0.238 e. The maximum atomic E-state index is 11.6. The van der Waals surface area contributed by atoms with Gasteiger partial charge in [-0.1, -0.05) is 22.9 Å². The number of anilines is 1. The van der Waals surface area contributed by atoms with E-state index in [1.807, 2.05) is 13.0 Å². The van der Waals surface area contributed by atoms with E-state index < -0.39 is 0 Å². The molecule has 0 heterocycles. The SMILES string of the molecule is CCC(Br)C(=O)Nc1ccc(OC)c(Br)c1. The summed E-state index contributed by atoms with van der Waals surface area (Å²) in [5.74, 6) is 0.698. The van der Waals surface area contributed by atoms with Crippen LogP contribution >= 0.6 is 31.9 Å². The third-order valence-corrected chi connectivity index (χ3v) is 3.75. The van der Waals surface area contributed by atoms with Crippen LogP contribution in [0.4, 0.5) is 5.69 Å². The van der Waals surface area contributed by atoms with E-state index in [-0.39, 0.29) is 10.7 Å². The van der Waals surface area contributed by atoms with Gasteiger partial charge in [0, 0.05) is 5.69 Å². The molecule has 0 fully saturated rings. The number of methoxy groups -OCH3 is 1. The zero-order chi connectivity index (χ0) is 12.1. The molecule has 3 nitrogen and oxygen atoms in total. The third-order valence-electron chi connectivity index (χ3n) is 2.06. The molecule has 1 unspecified atom stereocenters. The fraction of sp³-hybridized carbons (Fsp3) is 0.364. The van der Waals surface area contributed by atoms with Crippen LogP contribution in [-0.2, 0) is 4.79 Å². The van der Waals surface area contributed by atoms with E-state index in [0.717, 1.165) is 22.3 Å². The van der Waals surface area contributed by atoms with Crippen LogP contribution in [0, 0.1) is 0 Å². The molecule has 16 heavy (non-hydrogen) atoms.